The van der Waals surface area contributed by atoms with Crippen molar-refractivity contribution in [3.63, 3.8) is 0 Å². The summed E-state index contributed by atoms with van der Waals surface area (Å²) in [5, 5.41) is 2.71. The van der Waals surface area contributed by atoms with Gasteiger partial charge in [0.2, 0.25) is 5.91 Å². The summed E-state index contributed by atoms with van der Waals surface area (Å²) in [6.45, 7) is 2.75. The Morgan fingerprint density at radius 3 is 2.65 bits per heavy atom. The van der Waals surface area contributed by atoms with Crippen LogP contribution in [-0.2, 0) is 17.9 Å². The molecule has 0 saturated carbocycles. The molecule has 3 aromatic rings. The fourth-order valence-corrected chi connectivity index (χ4v) is 2.61. The molecule has 1 N–H and O–H groups in total. The highest BCUT2D eigenvalue weighted by atomic mass is 16.2. The van der Waals surface area contributed by atoms with Gasteiger partial charge in [0.25, 0.3) is 0 Å². The van der Waals surface area contributed by atoms with E-state index < -0.39 is 0 Å². The van der Waals surface area contributed by atoms with E-state index in [0.29, 0.717) is 25.3 Å². The Morgan fingerprint density at radius 1 is 1.13 bits per heavy atom. The molecule has 0 radical (unpaired) electrons. The lowest BCUT2D eigenvalue weighted by molar-refractivity contribution is -0.118. The number of carbonyl (C=O) groups is 1. The van der Waals surface area contributed by atoms with Crippen molar-refractivity contribution in [3.8, 4) is 0 Å². The minimum atomic E-state index is -0.118. The third-order valence-electron chi connectivity index (χ3n) is 3.67. The summed E-state index contributed by atoms with van der Waals surface area (Å²) in [6, 6.07) is 13.5. The summed E-state index contributed by atoms with van der Waals surface area (Å²) in [7, 11) is 0. The molecule has 0 bridgehead atoms. The molecule has 1 amide bonds. The van der Waals surface area contributed by atoms with Gasteiger partial charge >= 0.3 is 5.69 Å². The number of nitrogens with zero attached hydrogens (tertiary/aromatic N) is 3. The summed E-state index contributed by atoms with van der Waals surface area (Å²) < 4.78 is 3.32. The minimum absolute atomic E-state index is 0.112. The van der Waals surface area contributed by atoms with E-state index in [4.69, 9.17) is 0 Å². The molecular formula is C17H18N4O2. The number of hydrogen-bond acceptors (Lipinski definition) is 3. The van der Waals surface area contributed by atoms with Gasteiger partial charge in [0.05, 0.1) is 12.1 Å². The third kappa shape index (κ3) is 3.15. The molecule has 6 nitrogen and oxygen atoms in total. The fraction of sp³-hybridized carbons (Fsp3) is 0.235. The van der Waals surface area contributed by atoms with Crippen LogP contribution in [0, 0.1) is 0 Å². The molecule has 0 unspecified atom stereocenters. The van der Waals surface area contributed by atoms with E-state index in [1.807, 2.05) is 42.5 Å². The molecule has 2 heterocycles. The van der Waals surface area contributed by atoms with Crippen molar-refractivity contribution in [2.45, 2.75) is 20.0 Å². The van der Waals surface area contributed by atoms with E-state index in [1.165, 1.54) is 6.92 Å². The first-order valence-corrected chi connectivity index (χ1v) is 7.49. The molecular weight excluding hydrogens is 292 g/mol. The highest BCUT2D eigenvalue weighted by molar-refractivity contribution is 5.73. The number of benzene rings is 1. The average molecular weight is 310 g/mol. The van der Waals surface area contributed by atoms with Crippen molar-refractivity contribution in [2.24, 2.45) is 0 Å². The highest BCUT2D eigenvalue weighted by Gasteiger charge is 2.14. The standard InChI is InChI=1S/C17H18N4O2/c1-13(22)18-10-11-20-16-15(8-5-9-19-16)21(17(20)23)12-14-6-3-2-4-7-14/h2-9H,10-12H2,1H3,(H,18,22). The van der Waals surface area contributed by atoms with Gasteiger partial charge in [-0.15, -0.1) is 0 Å². The van der Waals surface area contributed by atoms with Crippen molar-refractivity contribution < 1.29 is 4.79 Å². The van der Waals surface area contributed by atoms with Crippen LogP contribution in [-0.4, -0.2) is 26.6 Å². The van der Waals surface area contributed by atoms with E-state index in [2.05, 4.69) is 10.3 Å². The summed E-state index contributed by atoms with van der Waals surface area (Å²) >= 11 is 0. The lowest BCUT2D eigenvalue weighted by Gasteiger charge is -2.03. The van der Waals surface area contributed by atoms with E-state index in [-0.39, 0.29) is 11.6 Å². The van der Waals surface area contributed by atoms with Crippen molar-refractivity contribution in [1.29, 1.82) is 0 Å². The lowest BCUT2D eigenvalue weighted by atomic mass is 10.2. The highest BCUT2D eigenvalue weighted by Crippen LogP contribution is 2.12. The Bertz CT molecular complexity index is 880. The molecule has 2 aromatic heterocycles. The van der Waals surface area contributed by atoms with Gasteiger partial charge in [-0.25, -0.2) is 9.78 Å². The van der Waals surface area contributed by atoms with Crippen LogP contribution >= 0.6 is 0 Å². The zero-order valence-corrected chi connectivity index (χ0v) is 12.9. The minimum Gasteiger partial charge on any atom is -0.355 e. The summed E-state index contributed by atoms with van der Waals surface area (Å²) in [5.41, 5.74) is 2.37. The maximum Gasteiger partial charge on any atom is 0.330 e. The van der Waals surface area contributed by atoms with Gasteiger partial charge in [-0.05, 0) is 17.7 Å². The topological polar surface area (TPSA) is 68.9 Å². The normalized spacial score (nSPS) is 10.8. The van der Waals surface area contributed by atoms with Crippen LogP contribution in [0.1, 0.15) is 12.5 Å². The summed E-state index contributed by atoms with van der Waals surface area (Å²) in [4.78, 5) is 28.1. The van der Waals surface area contributed by atoms with Gasteiger partial charge in [-0.3, -0.25) is 13.9 Å². The number of hydrogen-bond donors (Lipinski definition) is 1. The lowest BCUT2D eigenvalue weighted by Crippen LogP contribution is -2.30. The van der Waals surface area contributed by atoms with Crippen LogP contribution in [0.4, 0.5) is 0 Å². The number of fused-ring (bicyclic) bond motifs is 1. The Hall–Kier alpha value is -2.89. The van der Waals surface area contributed by atoms with Gasteiger partial charge in [0.15, 0.2) is 5.65 Å². The van der Waals surface area contributed by atoms with E-state index in [0.717, 1.165) is 11.1 Å². The Labute approximate surface area is 133 Å². The zero-order chi connectivity index (χ0) is 16.2. The molecule has 6 heteroatoms. The first-order chi connectivity index (χ1) is 11.2. The largest absolute Gasteiger partial charge is 0.355 e. The number of nitrogens with one attached hydrogen (secondary N) is 1. The number of amides is 1. The maximum absolute atomic E-state index is 12.7. The van der Waals surface area contributed by atoms with Crippen LogP contribution < -0.4 is 11.0 Å². The first kappa shape index (κ1) is 15.0. The quantitative estimate of drug-likeness (QED) is 0.774. The number of carbonyl (C=O) groups excluding carboxylic acids is 1. The number of pyridine rings is 1. The van der Waals surface area contributed by atoms with Crippen molar-refractivity contribution in [2.75, 3.05) is 6.54 Å². The number of aromatic nitrogens is 3. The van der Waals surface area contributed by atoms with Crippen LogP contribution in [0.15, 0.2) is 53.5 Å². The average Bonchev–Trinajstić information content (AvgIpc) is 2.81. The van der Waals surface area contributed by atoms with Gasteiger partial charge in [-0.1, -0.05) is 30.3 Å². The monoisotopic (exact) mass is 310 g/mol. The maximum atomic E-state index is 12.7. The van der Waals surface area contributed by atoms with E-state index in [1.54, 1.807) is 15.3 Å². The summed E-state index contributed by atoms with van der Waals surface area (Å²) in [6.07, 6.45) is 1.67. The second-order valence-corrected chi connectivity index (χ2v) is 5.34. The van der Waals surface area contributed by atoms with Gasteiger partial charge in [-0.2, -0.15) is 0 Å². The second kappa shape index (κ2) is 6.48. The molecule has 23 heavy (non-hydrogen) atoms. The number of imidazole rings is 1. The molecule has 0 aliphatic rings. The van der Waals surface area contributed by atoms with Crippen LogP contribution in [0.25, 0.3) is 11.2 Å². The van der Waals surface area contributed by atoms with Crippen molar-refractivity contribution >= 4 is 17.1 Å². The fourth-order valence-electron chi connectivity index (χ4n) is 2.61. The molecule has 0 saturated heterocycles. The Morgan fingerprint density at radius 2 is 1.91 bits per heavy atom. The SMILES string of the molecule is CC(=O)NCCn1c(=O)n(Cc2ccccc2)c2cccnc21. The predicted molar refractivity (Wildman–Crippen MR) is 88.2 cm³/mol. The molecule has 118 valence electrons. The first-order valence-electron chi connectivity index (χ1n) is 7.49. The van der Waals surface area contributed by atoms with Gasteiger partial charge in [0.1, 0.15) is 0 Å². The van der Waals surface area contributed by atoms with Crippen LogP contribution in [0.2, 0.25) is 0 Å². The second-order valence-electron chi connectivity index (χ2n) is 5.34. The van der Waals surface area contributed by atoms with Gasteiger partial charge in [0, 0.05) is 26.2 Å². The van der Waals surface area contributed by atoms with Crippen LogP contribution in [0.5, 0.6) is 0 Å². The Balaban J connectivity index is 1.99. The molecule has 1 aromatic carbocycles. The van der Waals surface area contributed by atoms with Crippen molar-refractivity contribution in [3.05, 3.63) is 64.7 Å². The molecule has 0 atom stereocenters. The smallest absolute Gasteiger partial charge is 0.330 e. The predicted octanol–water partition coefficient (Wildman–Crippen LogP) is 1.38. The number of rotatable bonds is 5. The van der Waals surface area contributed by atoms with Gasteiger partial charge < -0.3 is 5.32 Å². The molecule has 0 aliphatic heterocycles. The molecule has 0 fully saturated rings. The molecule has 0 spiro atoms. The third-order valence-corrected chi connectivity index (χ3v) is 3.67. The molecule has 0 aliphatic carbocycles. The van der Waals surface area contributed by atoms with Crippen LogP contribution in [0.3, 0.4) is 0 Å². The van der Waals surface area contributed by atoms with E-state index >= 15 is 0 Å². The zero-order valence-electron chi connectivity index (χ0n) is 12.9. The molecule has 3 rings (SSSR count). The summed E-state index contributed by atoms with van der Waals surface area (Å²) in [5.74, 6) is -0.112. The Kier molecular flexibility index (Phi) is 4.23. The van der Waals surface area contributed by atoms with E-state index in [9.17, 15) is 9.59 Å². The van der Waals surface area contributed by atoms with Crippen molar-refractivity contribution in [1.82, 2.24) is 19.4 Å².